The van der Waals surface area contributed by atoms with Gasteiger partial charge >= 0.3 is 0 Å². The maximum absolute atomic E-state index is 5.24. The van der Waals surface area contributed by atoms with Crippen molar-refractivity contribution in [1.82, 2.24) is 15.0 Å². The molecular formula is C47H29N3S. The van der Waals surface area contributed by atoms with Crippen LogP contribution in [-0.4, -0.2) is 15.0 Å². The van der Waals surface area contributed by atoms with Gasteiger partial charge < -0.3 is 0 Å². The Balaban J connectivity index is 1.14. The van der Waals surface area contributed by atoms with Crippen LogP contribution in [0.3, 0.4) is 0 Å². The molecule has 10 rings (SSSR count). The van der Waals surface area contributed by atoms with Crippen molar-refractivity contribution in [3.8, 4) is 56.4 Å². The molecule has 4 heteroatoms. The molecule has 0 aliphatic heterocycles. The average Bonchev–Trinajstić information content (AvgIpc) is 3.59. The molecule has 0 spiro atoms. The summed E-state index contributed by atoms with van der Waals surface area (Å²) in [6.45, 7) is 0. The second-order valence-corrected chi connectivity index (χ2v) is 13.9. The molecular weight excluding hydrogens is 639 g/mol. The predicted molar refractivity (Wildman–Crippen MR) is 215 cm³/mol. The summed E-state index contributed by atoms with van der Waals surface area (Å²) in [7, 11) is 0. The summed E-state index contributed by atoms with van der Waals surface area (Å²) in [5.74, 6) is 1.95. The zero-order chi connectivity index (χ0) is 33.7. The van der Waals surface area contributed by atoms with E-state index >= 15 is 0 Å². The van der Waals surface area contributed by atoms with Crippen LogP contribution < -0.4 is 0 Å². The number of benzene rings is 8. The topological polar surface area (TPSA) is 38.7 Å². The maximum atomic E-state index is 5.24. The Bertz CT molecular complexity index is 2910. The molecule has 0 unspecified atom stereocenters. The van der Waals surface area contributed by atoms with Gasteiger partial charge in [0.25, 0.3) is 0 Å². The molecule has 0 saturated heterocycles. The second kappa shape index (κ2) is 12.1. The quantitative estimate of drug-likeness (QED) is 0.183. The van der Waals surface area contributed by atoms with Gasteiger partial charge in [0.2, 0.25) is 0 Å². The van der Waals surface area contributed by atoms with E-state index in [1.807, 2.05) is 35.6 Å². The highest BCUT2D eigenvalue weighted by Gasteiger charge is 2.19. The molecule has 0 saturated carbocycles. The number of aromatic nitrogens is 3. The Morgan fingerprint density at radius 2 is 0.922 bits per heavy atom. The molecule has 0 bridgehead atoms. The molecule has 10 aromatic rings. The van der Waals surface area contributed by atoms with Gasteiger partial charge in [0, 0.05) is 36.9 Å². The van der Waals surface area contributed by atoms with E-state index in [4.69, 9.17) is 15.0 Å². The lowest BCUT2D eigenvalue weighted by molar-refractivity contribution is 1.08. The maximum Gasteiger partial charge on any atom is 0.165 e. The molecule has 3 nitrogen and oxygen atoms in total. The summed E-state index contributed by atoms with van der Waals surface area (Å²) in [6.07, 6.45) is 0. The van der Waals surface area contributed by atoms with E-state index in [0.717, 1.165) is 44.0 Å². The standard InChI is InChI=1S/C47H29N3S/c1-3-12-30(13-4-1)38-27-26-31-14-7-8-17-37(31)43(38)47-49-45(32-15-5-2-6-16-32)48-46(50-47)36-25-23-33-28-35(24-22-34(33)29-36)39-19-11-20-41-40-18-9-10-21-42(40)51-44(39)41/h1-29H. The molecule has 0 radical (unpaired) electrons. The summed E-state index contributed by atoms with van der Waals surface area (Å²) in [6, 6.07) is 62.1. The molecule has 51 heavy (non-hydrogen) atoms. The monoisotopic (exact) mass is 667 g/mol. The van der Waals surface area contributed by atoms with Gasteiger partial charge in [-0.1, -0.05) is 158 Å². The van der Waals surface area contributed by atoms with E-state index in [1.54, 1.807) is 0 Å². The lowest BCUT2D eigenvalue weighted by Gasteiger charge is -2.15. The van der Waals surface area contributed by atoms with Crippen molar-refractivity contribution in [2.45, 2.75) is 0 Å². The van der Waals surface area contributed by atoms with Gasteiger partial charge in [-0.15, -0.1) is 11.3 Å². The fourth-order valence-electron chi connectivity index (χ4n) is 7.23. The molecule has 0 N–H and O–H groups in total. The minimum atomic E-state index is 0.645. The third-order valence-electron chi connectivity index (χ3n) is 9.72. The molecule has 2 aromatic heterocycles. The van der Waals surface area contributed by atoms with E-state index in [2.05, 4.69) is 152 Å². The van der Waals surface area contributed by atoms with E-state index in [-0.39, 0.29) is 0 Å². The molecule has 0 aliphatic rings. The predicted octanol–water partition coefficient (Wildman–Crippen LogP) is 12.9. The molecule has 0 amide bonds. The lowest BCUT2D eigenvalue weighted by atomic mass is 9.93. The van der Waals surface area contributed by atoms with Crippen molar-refractivity contribution in [2.24, 2.45) is 0 Å². The first-order chi connectivity index (χ1) is 25.3. The van der Waals surface area contributed by atoms with Gasteiger partial charge in [0.05, 0.1) is 0 Å². The van der Waals surface area contributed by atoms with Gasteiger partial charge in [-0.05, 0) is 62.0 Å². The molecule has 0 fully saturated rings. The first-order valence-corrected chi connectivity index (χ1v) is 17.9. The molecule has 8 aromatic carbocycles. The molecule has 0 aliphatic carbocycles. The highest BCUT2D eigenvalue weighted by molar-refractivity contribution is 7.26. The minimum Gasteiger partial charge on any atom is -0.208 e. The normalized spacial score (nSPS) is 11.5. The van der Waals surface area contributed by atoms with Crippen LogP contribution in [0.25, 0.3) is 98.1 Å². The van der Waals surface area contributed by atoms with Crippen molar-refractivity contribution in [3.05, 3.63) is 176 Å². The van der Waals surface area contributed by atoms with Crippen LogP contribution >= 0.6 is 11.3 Å². The third-order valence-corrected chi connectivity index (χ3v) is 10.9. The van der Waals surface area contributed by atoms with Crippen molar-refractivity contribution in [3.63, 3.8) is 0 Å². The summed E-state index contributed by atoms with van der Waals surface area (Å²) in [5, 5.41) is 7.18. The van der Waals surface area contributed by atoms with Gasteiger partial charge in [-0.3, -0.25) is 0 Å². The molecule has 2 heterocycles. The van der Waals surface area contributed by atoms with Gasteiger partial charge in [0.15, 0.2) is 17.5 Å². The van der Waals surface area contributed by atoms with Crippen LogP contribution in [0.5, 0.6) is 0 Å². The van der Waals surface area contributed by atoms with Gasteiger partial charge in [-0.2, -0.15) is 0 Å². The number of hydrogen-bond acceptors (Lipinski definition) is 4. The number of hydrogen-bond donors (Lipinski definition) is 0. The number of fused-ring (bicyclic) bond motifs is 5. The summed E-state index contributed by atoms with van der Waals surface area (Å²) in [5.41, 5.74) is 7.58. The summed E-state index contributed by atoms with van der Waals surface area (Å²) >= 11 is 1.86. The first kappa shape index (κ1) is 29.4. The van der Waals surface area contributed by atoms with E-state index in [0.29, 0.717) is 17.5 Å². The van der Waals surface area contributed by atoms with Crippen molar-refractivity contribution in [1.29, 1.82) is 0 Å². The Hall–Kier alpha value is -6.49. The zero-order valence-corrected chi connectivity index (χ0v) is 28.3. The average molecular weight is 668 g/mol. The zero-order valence-electron chi connectivity index (χ0n) is 27.5. The Morgan fingerprint density at radius 1 is 0.333 bits per heavy atom. The Labute approximate surface area is 299 Å². The minimum absolute atomic E-state index is 0.645. The van der Waals surface area contributed by atoms with Crippen LogP contribution in [0, 0.1) is 0 Å². The fraction of sp³-hybridized carbons (Fsp3) is 0. The van der Waals surface area contributed by atoms with E-state index < -0.39 is 0 Å². The van der Waals surface area contributed by atoms with Crippen molar-refractivity contribution < 1.29 is 0 Å². The van der Waals surface area contributed by atoms with E-state index in [1.165, 1.54) is 36.7 Å². The first-order valence-electron chi connectivity index (χ1n) is 17.1. The second-order valence-electron chi connectivity index (χ2n) is 12.8. The van der Waals surface area contributed by atoms with Gasteiger partial charge in [-0.25, -0.2) is 15.0 Å². The largest absolute Gasteiger partial charge is 0.208 e. The fourth-order valence-corrected chi connectivity index (χ4v) is 8.47. The van der Waals surface area contributed by atoms with Crippen LogP contribution in [0.15, 0.2) is 176 Å². The van der Waals surface area contributed by atoms with Crippen molar-refractivity contribution >= 4 is 53.1 Å². The third kappa shape index (κ3) is 5.16. The van der Waals surface area contributed by atoms with Gasteiger partial charge in [0.1, 0.15) is 0 Å². The number of thiophene rings is 1. The summed E-state index contributed by atoms with van der Waals surface area (Å²) in [4.78, 5) is 15.5. The highest BCUT2D eigenvalue weighted by Crippen LogP contribution is 2.41. The lowest BCUT2D eigenvalue weighted by Crippen LogP contribution is -2.01. The van der Waals surface area contributed by atoms with Crippen molar-refractivity contribution in [2.75, 3.05) is 0 Å². The molecule has 0 atom stereocenters. The van der Waals surface area contributed by atoms with Crippen LogP contribution in [0.2, 0.25) is 0 Å². The Morgan fingerprint density at radius 3 is 1.73 bits per heavy atom. The van der Waals surface area contributed by atoms with Crippen LogP contribution in [-0.2, 0) is 0 Å². The number of rotatable bonds is 5. The van der Waals surface area contributed by atoms with Crippen LogP contribution in [0.1, 0.15) is 0 Å². The SMILES string of the molecule is c1ccc(-c2nc(-c3ccc4cc(-c5cccc6c5sc5ccccc56)ccc4c3)nc(-c3c(-c4ccccc4)ccc4ccccc34)n2)cc1. The highest BCUT2D eigenvalue weighted by atomic mass is 32.1. The smallest absolute Gasteiger partial charge is 0.165 e. The number of nitrogens with zero attached hydrogens (tertiary/aromatic N) is 3. The summed E-state index contributed by atoms with van der Waals surface area (Å²) < 4.78 is 2.64. The van der Waals surface area contributed by atoms with Crippen LogP contribution in [0.4, 0.5) is 0 Å². The molecule has 238 valence electrons. The Kier molecular flexibility index (Phi) is 7.00. The van der Waals surface area contributed by atoms with E-state index in [9.17, 15) is 0 Å².